The van der Waals surface area contributed by atoms with Gasteiger partial charge >= 0.3 is 0 Å². The topological polar surface area (TPSA) is 73.6 Å². The number of carbonyl (C=O) groups is 1. The van der Waals surface area contributed by atoms with E-state index in [0.29, 0.717) is 16.6 Å². The van der Waals surface area contributed by atoms with Gasteiger partial charge in [0.15, 0.2) is 16.6 Å². The largest absolute Gasteiger partial charge is 0.482 e. The molecule has 1 aliphatic rings. The summed E-state index contributed by atoms with van der Waals surface area (Å²) in [5, 5.41) is 5.23. The Morgan fingerprint density at radius 3 is 2.62 bits per heavy atom. The molecule has 0 spiro atoms. The van der Waals surface area contributed by atoms with Crippen molar-refractivity contribution >= 4 is 22.4 Å². The van der Waals surface area contributed by atoms with Crippen molar-refractivity contribution in [3.8, 4) is 22.8 Å². The lowest BCUT2D eigenvalue weighted by atomic mass is 10.1. The smallest absolute Gasteiger partial charge is 0.271 e. The zero-order valence-corrected chi connectivity index (χ0v) is 15.4. The quantitative estimate of drug-likeness (QED) is 0.748. The number of rotatable bonds is 3. The molecule has 3 heterocycles. The summed E-state index contributed by atoms with van der Waals surface area (Å²) in [6.07, 6.45) is -1.14. The van der Waals surface area contributed by atoms with Gasteiger partial charge in [0.25, 0.3) is 5.91 Å². The molecule has 1 aromatic carbocycles. The van der Waals surface area contributed by atoms with Crippen molar-refractivity contribution in [2.75, 3.05) is 5.32 Å². The van der Waals surface area contributed by atoms with Gasteiger partial charge in [0, 0.05) is 10.9 Å². The van der Waals surface area contributed by atoms with Crippen molar-refractivity contribution in [2.24, 2.45) is 0 Å². The first kappa shape index (κ1) is 16.7. The van der Waals surface area contributed by atoms with Crippen LogP contribution in [0.3, 0.4) is 0 Å². The monoisotopic (exact) mass is 370 g/mol. The highest BCUT2D eigenvalue weighted by Crippen LogP contribution is 2.34. The van der Waals surface area contributed by atoms with Gasteiger partial charge in [-0.05, 0) is 39.0 Å². The van der Waals surface area contributed by atoms with Gasteiger partial charge in [-0.15, -0.1) is 11.3 Å². The van der Waals surface area contributed by atoms with Crippen LogP contribution in [-0.2, 0) is 4.79 Å². The zero-order valence-electron chi connectivity index (χ0n) is 14.6. The minimum absolute atomic E-state index is 0.284. The molecule has 0 unspecified atom stereocenters. The van der Waals surface area contributed by atoms with Crippen molar-refractivity contribution in [3.63, 3.8) is 0 Å². The Morgan fingerprint density at radius 2 is 1.92 bits per heavy atom. The number of thiazole rings is 1. The number of hydrogen-bond donors (Lipinski definition) is 1. The van der Waals surface area contributed by atoms with Gasteiger partial charge in [-0.25, -0.2) is 4.98 Å². The number of para-hydroxylation sites is 2. The number of benzene rings is 1. The number of fused-ring (bicyclic) bond motifs is 1. The van der Waals surface area contributed by atoms with Crippen LogP contribution in [0, 0.1) is 13.8 Å². The highest BCUT2D eigenvalue weighted by atomic mass is 32.1. The number of nitrogens with zero attached hydrogens (tertiary/aromatic N) is 1. The number of nitrogens with one attached hydrogen (secondary N) is 1. The van der Waals surface area contributed by atoms with Crippen molar-refractivity contribution in [2.45, 2.75) is 33.0 Å². The van der Waals surface area contributed by atoms with Gasteiger partial charge in [0.2, 0.25) is 6.10 Å². The second-order valence-corrected chi connectivity index (χ2v) is 7.02. The molecule has 7 heteroatoms. The summed E-state index contributed by atoms with van der Waals surface area (Å²) >= 11 is 1.36. The Hall–Kier alpha value is -2.80. The lowest BCUT2D eigenvalue weighted by Crippen LogP contribution is -2.46. The fourth-order valence-corrected chi connectivity index (χ4v) is 3.64. The van der Waals surface area contributed by atoms with Crippen LogP contribution in [0.15, 0.2) is 40.1 Å². The van der Waals surface area contributed by atoms with Gasteiger partial charge in [0.1, 0.15) is 17.6 Å². The average Bonchev–Trinajstić information content (AvgIpc) is 3.19. The van der Waals surface area contributed by atoms with Gasteiger partial charge in [-0.1, -0.05) is 12.1 Å². The molecule has 0 aliphatic carbocycles. The normalized spacial score (nSPS) is 18.6. The molecule has 1 aliphatic heterocycles. The van der Waals surface area contributed by atoms with Crippen LogP contribution in [0.25, 0.3) is 11.3 Å². The van der Waals surface area contributed by atoms with Crippen LogP contribution in [0.5, 0.6) is 11.5 Å². The number of aromatic nitrogens is 1. The third-order valence-corrected chi connectivity index (χ3v) is 4.91. The molecule has 1 amide bonds. The minimum Gasteiger partial charge on any atom is -0.482 e. The number of anilines is 1. The summed E-state index contributed by atoms with van der Waals surface area (Å²) in [5.74, 6) is 2.56. The Bertz CT molecular complexity index is 962. The molecule has 6 nitrogen and oxygen atoms in total. The summed E-state index contributed by atoms with van der Waals surface area (Å²) in [6.45, 7) is 5.60. The predicted molar refractivity (Wildman–Crippen MR) is 98.9 cm³/mol. The predicted octanol–water partition coefficient (Wildman–Crippen LogP) is 4.19. The Labute approximate surface area is 154 Å². The number of amides is 1. The molecular weight excluding hydrogens is 352 g/mol. The summed E-state index contributed by atoms with van der Waals surface area (Å²) in [7, 11) is 0. The Balaban J connectivity index is 1.50. The van der Waals surface area contributed by atoms with E-state index in [9.17, 15) is 4.79 Å². The summed E-state index contributed by atoms with van der Waals surface area (Å²) in [6, 6.07) is 9.25. The molecule has 0 saturated carbocycles. The van der Waals surface area contributed by atoms with E-state index in [1.54, 1.807) is 6.07 Å². The number of furan rings is 1. The lowest BCUT2D eigenvalue weighted by molar-refractivity contribution is -0.128. The number of hydrogen-bond acceptors (Lipinski definition) is 6. The number of carbonyl (C=O) groups excluding carboxylic acids is 1. The van der Waals surface area contributed by atoms with Crippen LogP contribution >= 0.6 is 11.3 Å². The maximum atomic E-state index is 12.6. The Morgan fingerprint density at radius 1 is 1.19 bits per heavy atom. The molecule has 3 aromatic rings. The van der Waals surface area contributed by atoms with E-state index in [1.807, 2.05) is 50.4 Å². The van der Waals surface area contributed by atoms with Crippen LogP contribution in [0.1, 0.15) is 18.4 Å². The van der Waals surface area contributed by atoms with E-state index >= 15 is 0 Å². The van der Waals surface area contributed by atoms with Crippen LogP contribution in [-0.4, -0.2) is 23.1 Å². The second kappa shape index (κ2) is 6.49. The summed E-state index contributed by atoms with van der Waals surface area (Å²) in [4.78, 5) is 17.1. The molecule has 134 valence electrons. The van der Waals surface area contributed by atoms with E-state index in [0.717, 1.165) is 22.8 Å². The summed E-state index contributed by atoms with van der Waals surface area (Å²) in [5.41, 5.74) is 1.71. The average molecular weight is 370 g/mol. The molecule has 0 saturated heterocycles. The standard InChI is InChI=1S/C19H18N2O4S/c1-10-8-13(11(2)23-10)14-9-26-19(20-14)21-18(22)17-12(3)24-15-6-4-5-7-16(15)25-17/h4-9,12,17H,1-3H3,(H,20,21,22)/t12-,17+/m0/s1. The first-order valence-corrected chi connectivity index (χ1v) is 9.15. The van der Waals surface area contributed by atoms with Gasteiger partial charge in [-0.3, -0.25) is 10.1 Å². The third kappa shape index (κ3) is 3.06. The third-order valence-electron chi connectivity index (χ3n) is 4.15. The van der Waals surface area contributed by atoms with Crippen LogP contribution < -0.4 is 14.8 Å². The number of ether oxygens (including phenoxy) is 2. The molecule has 4 rings (SSSR count). The summed E-state index contributed by atoms with van der Waals surface area (Å²) < 4.78 is 17.1. The van der Waals surface area contributed by atoms with Crippen molar-refractivity contribution in [1.82, 2.24) is 4.98 Å². The van der Waals surface area contributed by atoms with E-state index in [1.165, 1.54) is 11.3 Å². The Kier molecular flexibility index (Phi) is 4.16. The molecule has 26 heavy (non-hydrogen) atoms. The van der Waals surface area contributed by atoms with Crippen molar-refractivity contribution in [1.29, 1.82) is 0 Å². The fraction of sp³-hybridized carbons (Fsp3) is 0.263. The van der Waals surface area contributed by atoms with Crippen LogP contribution in [0.4, 0.5) is 5.13 Å². The lowest BCUT2D eigenvalue weighted by Gasteiger charge is -2.30. The SMILES string of the molecule is Cc1cc(-c2csc(NC(=O)[C@@H]3Oc4ccccc4O[C@H]3C)n2)c(C)o1. The molecule has 0 radical (unpaired) electrons. The highest BCUT2D eigenvalue weighted by molar-refractivity contribution is 7.14. The number of aryl methyl sites for hydroxylation is 2. The van der Waals surface area contributed by atoms with Crippen molar-refractivity contribution < 1.29 is 18.7 Å². The highest BCUT2D eigenvalue weighted by Gasteiger charge is 2.34. The maximum absolute atomic E-state index is 12.6. The fourth-order valence-electron chi connectivity index (χ4n) is 2.92. The molecule has 0 fully saturated rings. The molecule has 1 N–H and O–H groups in total. The van der Waals surface area contributed by atoms with Crippen LogP contribution in [0.2, 0.25) is 0 Å². The molecule has 0 bridgehead atoms. The molecular formula is C19H18N2O4S. The van der Waals surface area contributed by atoms with E-state index in [4.69, 9.17) is 13.9 Å². The van der Waals surface area contributed by atoms with E-state index in [2.05, 4.69) is 10.3 Å². The minimum atomic E-state index is -0.741. The molecule has 2 aromatic heterocycles. The van der Waals surface area contributed by atoms with Gasteiger partial charge < -0.3 is 13.9 Å². The van der Waals surface area contributed by atoms with E-state index in [-0.39, 0.29) is 5.91 Å². The van der Waals surface area contributed by atoms with E-state index < -0.39 is 12.2 Å². The maximum Gasteiger partial charge on any atom is 0.271 e. The second-order valence-electron chi connectivity index (χ2n) is 6.16. The first-order valence-electron chi connectivity index (χ1n) is 8.27. The van der Waals surface area contributed by atoms with Crippen molar-refractivity contribution in [3.05, 3.63) is 47.2 Å². The van der Waals surface area contributed by atoms with Gasteiger partial charge in [0.05, 0.1) is 5.69 Å². The first-order chi connectivity index (χ1) is 12.5. The molecule has 2 atom stereocenters. The van der Waals surface area contributed by atoms with Gasteiger partial charge in [-0.2, -0.15) is 0 Å². The zero-order chi connectivity index (χ0) is 18.3.